The van der Waals surface area contributed by atoms with Crippen molar-refractivity contribution in [2.75, 3.05) is 0 Å². The second-order valence-corrected chi connectivity index (χ2v) is 5.04. The molecule has 0 amide bonds. The quantitative estimate of drug-likeness (QED) is 0.761. The third-order valence-electron chi connectivity index (χ3n) is 1.73. The average molecular weight is 211 g/mol. The lowest BCUT2D eigenvalue weighted by atomic mass is 9.94. The molecule has 78 valence electrons. The largest absolute Gasteiger partial charge is 0.444 e. The van der Waals surface area contributed by atoms with Crippen LogP contribution in [0.4, 0.5) is 0 Å². The van der Waals surface area contributed by atoms with E-state index in [4.69, 9.17) is 4.42 Å². The van der Waals surface area contributed by atoms with Gasteiger partial charge in [0.25, 0.3) is 0 Å². The summed E-state index contributed by atoms with van der Waals surface area (Å²) in [6, 6.07) is 0. The Bertz CT molecular complexity index is 309. The van der Waals surface area contributed by atoms with Crippen molar-refractivity contribution in [2.45, 2.75) is 38.9 Å². The van der Waals surface area contributed by atoms with Gasteiger partial charge in [0.2, 0.25) is 5.89 Å². The molecule has 0 unspecified atom stereocenters. The molecule has 0 aliphatic heterocycles. The molecule has 0 spiro atoms. The van der Waals surface area contributed by atoms with Crippen LogP contribution in [0.25, 0.3) is 0 Å². The molecule has 3 heteroatoms. The van der Waals surface area contributed by atoms with Gasteiger partial charge in [-0.25, -0.2) is 4.98 Å². The van der Waals surface area contributed by atoms with Crippen LogP contribution in [0.1, 0.15) is 39.3 Å². The first-order chi connectivity index (χ1) is 6.54. The summed E-state index contributed by atoms with van der Waals surface area (Å²) in [4.78, 5) is 4.23. The van der Waals surface area contributed by atoms with E-state index in [1.807, 2.05) is 24.6 Å². The van der Waals surface area contributed by atoms with Gasteiger partial charge in [-0.1, -0.05) is 26.8 Å². The molecule has 0 aliphatic carbocycles. The summed E-state index contributed by atoms with van der Waals surface area (Å²) in [7, 11) is 0. The van der Waals surface area contributed by atoms with Crippen LogP contribution < -0.4 is 0 Å². The van der Waals surface area contributed by atoms with E-state index in [9.17, 15) is 0 Å². The van der Waals surface area contributed by atoms with E-state index in [-0.39, 0.29) is 5.41 Å². The molecule has 0 N–H and O–H groups in total. The van der Waals surface area contributed by atoms with Gasteiger partial charge < -0.3 is 4.42 Å². The van der Waals surface area contributed by atoms with E-state index < -0.39 is 0 Å². The predicted octanol–water partition coefficient (Wildman–Crippen LogP) is 3.74. The third-order valence-corrected chi connectivity index (χ3v) is 2.61. The molecule has 14 heavy (non-hydrogen) atoms. The molecule has 1 aromatic heterocycles. The van der Waals surface area contributed by atoms with E-state index in [0.717, 1.165) is 17.4 Å². The Labute approximate surface area is 89.8 Å². The fourth-order valence-electron chi connectivity index (χ4n) is 0.939. The van der Waals surface area contributed by atoms with Crippen molar-refractivity contribution in [3.63, 3.8) is 0 Å². The van der Waals surface area contributed by atoms with Crippen molar-refractivity contribution < 1.29 is 4.42 Å². The molecule has 2 nitrogen and oxygen atoms in total. The average Bonchev–Trinajstić information content (AvgIpc) is 2.52. The molecular weight excluding hydrogens is 194 g/mol. The number of hydrogen-bond acceptors (Lipinski definition) is 3. The number of aromatic nitrogens is 1. The second kappa shape index (κ2) is 4.69. The Morgan fingerprint density at radius 1 is 1.50 bits per heavy atom. The summed E-state index contributed by atoms with van der Waals surface area (Å²) in [5.74, 6) is 2.56. The number of thioether (sulfide) groups is 1. The van der Waals surface area contributed by atoms with E-state index in [2.05, 4.69) is 25.8 Å². The Morgan fingerprint density at radius 2 is 2.21 bits per heavy atom. The molecule has 0 aromatic carbocycles. The van der Waals surface area contributed by atoms with Crippen LogP contribution in [0.15, 0.2) is 22.1 Å². The summed E-state index contributed by atoms with van der Waals surface area (Å²) in [6.45, 7) is 8.37. The summed E-state index contributed by atoms with van der Waals surface area (Å²) in [5.41, 5.74) is 0.0521. The van der Waals surface area contributed by atoms with E-state index in [1.165, 1.54) is 0 Å². The van der Waals surface area contributed by atoms with Crippen LogP contribution in [0.5, 0.6) is 0 Å². The Balaban J connectivity index is 2.60. The lowest BCUT2D eigenvalue weighted by molar-refractivity contribution is 0.391. The van der Waals surface area contributed by atoms with Crippen molar-refractivity contribution in [1.29, 1.82) is 0 Å². The van der Waals surface area contributed by atoms with Gasteiger partial charge in [-0.05, 0) is 12.3 Å². The lowest BCUT2D eigenvalue weighted by Gasteiger charge is -2.12. The molecule has 0 radical (unpaired) electrons. The maximum Gasteiger partial charge on any atom is 0.204 e. The SMILES string of the molecule is CC=CSCc1ncc(C(C)(C)C)o1. The molecule has 0 saturated heterocycles. The van der Waals surface area contributed by atoms with Gasteiger partial charge in [-0.2, -0.15) is 0 Å². The summed E-state index contributed by atoms with van der Waals surface area (Å²) < 4.78 is 5.63. The van der Waals surface area contributed by atoms with E-state index in [1.54, 1.807) is 11.8 Å². The summed E-state index contributed by atoms with van der Waals surface area (Å²) in [5, 5.41) is 2.04. The fourth-order valence-corrected chi connectivity index (χ4v) is 1.50. The van der Waals surface area contributed by atoms with Crippen LogP contribution in [-0.2, 0) is 11.2 Å². The van der Waals surface area contributed by atoms with Crippen molar-refractivity contribution in [3.8, 4) is 0 Å². The highest BCUT2D eigenvalue weighted by Crippen LogP contribution is 2.24. The molecule has 0 fully saturated rings. The maximum absolute atomic E-state index is 5.63. The summed E-state index contributed by atoms with van der Waals surface area (Å²) >= 11 is 1.69. The Kier molecular flexibility index (Phi) is 3.81. The van der Waals surface area contributed by atoms with Crippen LogP contribution >= 0.6 is 11.8 Å². The van der Waals surface area contributed by atoms with Gasteiger partial charge in [-0.15, -0.1) is 11.8 Å². The number of nitrogens with zero attached hydrogens (tertiary/aromatic N) is 1. The Morgan fingerprint density at radius 3 is 2.71 bits per heavy atom. The van der Waals surface area contributed by atoms with Crippen molar-refractivity contribution in [2.24, 2.45) is 0 Å². The van der Waals surface area contributed by atoms with Crippen molar-refractivity contribution in [1.82, 2.24) is 4.98 Å². The number of oxazole rings is 1. The number of hydrogen-bond donors (Lipinski definition) is 0. The van der Waals surface area contributed by atoms with Crippen LogP contribution in [0.3, 0.4) is 0 Å². The number of rotatable bonds is 3. The fraction of sp³-hybridized carbons (Fsp3) is 0.545. The topological polar surface area (TPSA) is 26.0 Å². The highest BCUT2D eigenvalue weighted by Gasteiger charge is 2.18. The van der Waals surface area contributed by atoms with Crippen molar-refractivity contribution >= 4 is 11.8 Å². The predicted molar refractivity (Wildman–Crippen MR) is 61.3 cm³/mol. The molecule has 0 saturated carbocycles. The molecule has 1 aromatic rings. The van der Waals surface area contributed by atoms with Crippen LogP contribution in [0, 0.1) is 0 Å². The molecule has 0 atom stereocenters. The Hall–Kier alpha value is -0.700. The highest BCUT2D eigenvalue weighted by atomic mass is 32.2. The van der Waals surface area contributed by atoms with Gasteiger partial charge in [0, 0.05) is 5.41 Å². The minimum absolute atomic E-state index is 0.0521. The standard InChI is InChI=1S/C11H17NOS/c1-5-6-14-8-10-12-7-9(13-10)11(2,3)4/h5-7H,8H2,1-4H3. The second-order valence-electron chi connectivity index (χ2n) is 4.15. The highest BCUT2D eigenvalue weighted by molar-refractivity contribution is 8.01. The van der Waals surface area contributed by atoms with E-state index in [0.29, 0.717) is 0 Å². The lowest BCUT2D eigenvalue weighted by Crippen LogP contribution is -2.09. The van der Waals surface area contributed by atoms with Gasteiger partial charge in [0.1, 0.15) is 5.76 Å². The van der Waals surface area contributed by atoms with Gasteiger partial charge in [-0.3, -0.25) is 0 Å². The first-order valence-corrected chi connectivity index (χ1v) is 5.77. The molecule has 1 heterocycles. The number of allylic oxidation sites excluding steroid dienone is 1. The maximum atomic E-state index is 5.63. The summed E-state index contributed by atoms with van der Waals surface area (Å²) in [6.07, 6.45) is 3.84. The smallest absolute Gasteiger partial charge is 0.204 e. The van der Waals surface area contributed by atoms with Gasteiger partial charge in [0.15, 0.2) is 0 Å². The normalized spacial score (nSPS) is 12.6. The zero-order chi connectivity index (χ0) is 10.6. The molecule has 0 aliphatic rings. The first kappa shape index (κ1) is 11.4. The van der Waals surface area contributed by atoms with E-state index >= 15 is 0 Å². The minimum atomic E-state index is 0.0521. The van der Waals surface area contributed by atoms with Crippen LogP contribution in [-0.4, -0.2) is 4.98 Å². The van der Waals surface area contributed by atoms with Crippen LogP contribution in [0.2, 0.25) is 0 Å². The first-order valence-electron chi connectivity index (χ1n) is 4.72. The molecule has 0 bridgehead atoms. The molecule has 1 rings (SSSR count). The van der Waals surface area contributed by atoms with Gasteiger partial charge in [0.05, 0.1) is 11.9 Å². The van der Waals surface area contributed by atoms with Crippen molar-refractivity contribution in [3.05, 3.63) is 29.3 Å². The monoisotopic (exact) mass is 211 g/mol. The zero-order valence-corrected chi connectivity index (χ0v) is 10.0. The minimum Gasteiger partial charge on any atom is -0.444 e. The third kappa shape index (κ3) is 3.22. The zero-order valence-electron chi connectivity index (χ0n) is 9.20. The van der Waals surface area contributed by atoms with Gasteiger partial charge >= 0.3 is 0 Å². The molecular formula is C11H17NOS.